The molecule has 1 amide bonds. The van der Waals surface area contributed by atoms with Gasteiger partial charge in [-0.2, -0.15) is 5.10 Å². The standard InChI is InChI=1S/C21H32N6O2.HI/c1-5-22-20(24-16-21(3,29)18-12-25-26(4)15-18)23-13-19(28)27(6-2)14-17-10-8-7-9-11-17;/h7-12,15,29H,5-6,13-14,16H2,1-4H3,(H2,22,23,24);1H. The van der Waals surface area contributed by atoms with Crippen molar-refractivity contribution in [2.45, 2.75) is 32.9 Å². The molecule has 1 unspecified atom stereocenters. The van der Waals surface area contributed by atoms with Crippen molar-refractivity contribution in [1.82, 2.24) is 25.3 Å². The number of aryl methyl sites for hydroxylation is 1. The highest BCUT2D eigenvalue weighted by molar-refractivity contribution is 14.0. The van der Waals surface area contributed by atoms with Crippen LogP contribution in [-0.2, 0) is 24.0 Å². The predicted molar refractivity (Wildman–Crippen MR) is 130 cm³/mol. The lowest BCUT2D eigenvalue weighted by Crippen LogP contribution is -2.45. The van der Waals surface area contributed by atoms with Crippen LogP contribution >= 0.6 is 24.0 Å². The summed E-state index contributed by atoms with van der Waals surface area (Å²) >= 11 is 0. The number of nitrogens with zero attached hydrogens (tertiary/aromatic N) is 4. The Morgan fingerprint density at radius 3 is 2.53 bits per heavy atom. The summed E-state index contributed by atoms with van der Waals surface area (Å²) in [5.41, 5.74) is 0.681. The van der Waals surface area contributed by atoms with E-state index in [9.17, 15) is 9.90 Å². The van der Waals surface area contributed by atoms with E-state index in [0.717, 1.165) is 5.56 Å². The second-order valence-corrected chi connectivity index (χ2v) is 7.12. The van der Waals surface area contributed by atoms with Crippen molar-refractivity contribution in [3.05, 3.63) is 53.9 Å². The zero-order chi connectivity index (χ0) is 21.3. The van der Waals surface area contributed by atoms with E-state index in [1.54, 1.807) is 35.9 Å². The summed E-state index contributed by atoms with van der Waals surface area (Å²) in [5.74, 6) is 0.438. The van der Waals surface area contributed by atoms with Crippen molar-refractivity contribution in [1.29, 1.82) is 0 Å². The molecule has 2 rings (SSSR count). The first-order valence-electron chi connectivity index (χ1n) is 9.91. The molecule has 0 spiro atoms. The van der Waals surface area contributed by atoms with Gasteiger partial charge < -0.3 is 20.6 Å². The highest BCUT2D eigenvalue weighted by Crippen LogP contribution is 2.18. The Kier molecular flexibility index (Phi) is 10.8. The molecule has 0 aliphatic heterocycles. The van der Waals surface area contributed by atoms with Crippen LogP contribution in [0.15, 0.2) is 47.7 Å². The molecule has 0 fully saturated rings. The largest absolute Gasteiger partial charge is 0.383 e. The SMILES string of the molecule is CCNC(=NCC(=O)N(CC)Cc1ccccc1)NCC(C)(O)c1cnn(C)c1.I. The van der Waals surface area contributed by atoms with Crippen molar-refractivity contribution in [2.24, 2.45) is 12.0 Å². The number of amides is 1. The molecule has 3 N–H and O–H groups in total. The first-order chi connectivity index (χ1) is 13.9. The first kappa shape index (κ1) is 25.9. The van der Waals surface area contributed by atoms with Crippen LogP contribution in [0.2, 0.25) is 0 Å². The molecule has 166 valence electrons. The molecule has 1 heterocycles. The third kappa shape index (κ3) is 7.94. The number of benzene rings is 1. The Labute approximate surface area is 195 Å². The van der Waals surface area contributed by atoms with Crippen LogP contribution in [0.25, 0.3) is 0 Å². The summed E-state index contributed by atoms with van der Waals surface area (Å²) in [6, 6.07) is 9.90. The maximum atomic E-state index is 12.6. The molecule has 0 bridgehead atoms. The van der Waals surface area contributed by atoms with Gasteiger partial charge in [-0.05, 0) is 26.3 Å². The van der Waals surface area contributed by atoms with Crippen molar-refractivity contribution in [3.63, 3.8) is 0 Å². The van der Waals surface area contributed by atoms with Gasteiger partial charge in [-0.3, -0.25) is 9.48 Å². The van der Waals surface area contributed by atoms with Crippen LogP contribution in [0.3, 0.4) is 0 Å². The summed E-state index contributed by atoms with van der Waals surface area (Å²) in [4.78, 5) is 18.8. The molecule has 1 aromatic carbocycles. The fraction of sp³-hybridized carbons (Fsp3) is 0.476. The van der Waals surface area contributed by atoms with Crippen molar-refractivity contribution in [3.8, 4) is 0 Å². The zero-order valence-corrected chi connectivity index (χ0v) is 20.5. The monoisotopic (exact) mass is 528 g/mol. The summed E-state index contributed by atoms with van der Waals surface area (Å²) in [6.07, 6.45) is 3.41. The smallest absolute Gasteiger partial charge is 0.244 e. The third-order valence-corrected chi connectivity index (χ3v) is 4.59. The minimum atomic E-state index is -1.11. The quantitative estimate of drug-likeness (QED) is 0.263. The van der Waals surface area contributed by atoms with E-state index in [2.05, 4.69) is 20.7 Å². The van der Waals surface area contributed by atoms with Crippen molar-refractivity contribution < 1.29 is 9.90 Å². The topological polar surface area (TPSA) is 94.8 Å². The summed E-state index contributed by atoms with van der Waals surface area (Å²) in [6.45, 7) is 7.71. The lowest BCUT2D eigenvalue weighted by atomic mass is 10.00. The van der Waals surface area contributed by atoms with E-state index >= 15 is 0 Å². The zero-order valence-electron chi connectivity index (χ0n) is 18.1. The van der Waals surface area contributed by atoms with Gasteiger partial charge in [0.05, 0.1) is 12.7 Å². The van der Waals surface area contributed by atoms with Gasteiger partial charge in [0, 0.05) is 38.4 Å². The Balaban J connectivity index is 0.00000450. The summed E-state index contributed by atoms with van der Waals surface area (Å²) < 4.78 is 1.65. The van der Waals surface area contributed by atoms with E-state index in [1.165, 1.54) is 0 Å². The van der Waals surface area contributed by atoms with Crippen LogP contribution in [-0.4, -0.2) is 57.8 Å². The normalized spacial score (nSPS) is 13.2. The number of hydrogen-bond donors (Lipinski definition) is 3. The number of carbonyl (C=O) groups is 1. The van der Waals surface area contributed by atoms with E-state index in [1.807, 2.05) is 44.2 Å². The second kappa shape index (κ2) is 12.5. The first-order valence-corrected chi connectivity index (χ1v) is 9.91. The molecule has 0 aliphatic rings. The molecule has 9 heteroatoms. The Morgan fingerprint density at radius 1 is 1.27 bits per heavy atom. The number of hydrogen-bond acceptors (Lipinski definition) is 4. The van der Waals surface area contributed by atoms with E-state index in [0.29, 0.717) is 31.2 Å². The average Bonchev–Trinajstić information content (AvgIpc) is 3.16. The van der Waals surface area contributed by atoms with Gasteiger partial charge in [-0.1, -0.05) is 30.3 Å². The maximum absolute atomic E-state index is 12.6. The fourth-order valence-corrected chi connectivity index (χ4v) is 2.83. The molecule has 8 nitrogen and oxygen atoms in total. The lowest BCUT2D eigenvalue weighted by molar-refractivity contribution is -0.130. The van der Waals surface area contributed by atoms with Crippen LogP contribution in [0, 0.1) is 0 Å². The van der Waals surface area contributed by atoms with Crippen LogP contribution < -0.4 is 10.6 Å². The third-order valence-electron chi connectivity index (χ3n) is 4.59. The summed E-state index contributed by atoms with van der Waals surface area (Å²) in [7, 11) is 1.80. The molecular formula is C21H33IN6O2. The predicted octanol–water partition coefficient (Wildman–Crippen LogP) is 1.85. The van der Waals surface area contributed by atoms with Crippen molar-refractivity contribution in [2.75, 3.05) is 26.2 Å². The van der Waals surface area contributed by atoms with Gasteiger partial charge in [0.1, 0.15) is 12.1 Å². The number of likely N-dealkylation sites (N-methyl/N-ethyl adjacent to an activating group) is 1. The summed E-state index contributed by atoms with van der Waals surface area (Å²) in [5, 5.41) is 21.0. The molecule has 2 aromatic rings. The fourth-order valence-electron chi connectivity index (χ4n) is 2.83. The Morgan fingerprint density at radius 2 is 1.97 bits per heavy atom. The lowest BCUT2D eigenvalue weighted by Gasteiger charge is -2.24. The van der Waals surface area contributed by atoms with Crippen LogP contribution in [0.5, 0.6) is 0 Å². The average molecular weight is 528 g/mol. The molecule has 1 atom stereocenters. The minimum Gasteiger partial charge on any atom is -0.383 e. The number of aliphatic hydroxyl groups is 1. The second-order valence-electron chi connectivity index (χ2n) is 7.12. The molecule has 1 aromatic heterocycles. The highest BCUT2D eigenvalue weighted by Gasteiger charge is 2.25. The van der Waals surface area contributed by atoms with E-state index in [-0.39, 0.29) is 43.0 Å². The molecule has 0 radical (unpaired) electrons. The van der Waals surface area contributed by atoms with Gasteiger partial charge in [-0.25, -0.2) is 4.99 Å². The van der Waals surface area contributed by atoms with Crippen LogP contribution in [0.4, 0.5) is 0 Å². The van der Waals surface area contributed by atoms with Gasteiger partial charge >= 0.3 is 0 Å². The van der Waals surface area contributed by atoms with Gasteiger partial charge in [0.25, 0.3) is 0 Å². The highest BCUT2D eigenvalue weighted by atomic mass is 127. The number of carbonyl (C=O) groups excluding carboxylic acids is 1. The molecule has 0 aliphatic carbocycles. The van der Waals surface area contributed by atoms with E-state index in [4.69, 9.17) is 0 Å². The maximum Gasteiger partial charge on any atom is 0.244 e. The Hall–Kier alpha value is -2.14. The van der Waals surface area contributed by atoms with Crippen molar-refractivity contribution >= 4 is 35.8 Å². The number of aromatic nitrogens is 2. The van der Waals surface area contributed by atoms with E-state index < -0.39 is 5.60 Å². The number of rotatable bonds is 9. The Bertz CT molecular complexity index is 807. The van der Waals surface area contributed by atoms with Gasteiger partial charge in [0.2, 0.25) is 5.91 Å². The number of guanidine groups is 1. The minimum absolute atomic E-state index is 0. The number of nitrogens with one attached hydrogen (secondary N) is 2. The molecule has 0 saturated carbocycles. The number of halogens is 1. The molecule has 30 heavy (non-hydrogen) atoms. The molecular weight excluding hydrogens is 495 g/mol. The molecule has 0 saturated heterocycles. The number of aliphatic imine (C=N–C) groups is 1. The van der Waals surface area contributed by atoms with Gasteiger partial charge in [-0.15, -0.1) is 24.0 Å². The van der Waals surface area contributed by atoms with Crippen LogP contribution in [0.1, 0.15) is 31.9 Å². The van der Waals surface area contributed by atoms with Gasteiger partial charge in [0.15, 0.2) is 5.96 Å².